The van der Waals surface area contributed by atoms with Crippen LogP contribution in [0.5, 0.6) is 0 Å². The second-order valence-corrected chi connectivity index (χ2v) is 1.48. The van der Waals surface area contributed by atoms with Gasteiger partial charge in [-0.05, 0) is 6.42 Å². The molecule has 0 saturated carbocycles. The smallest absolute Gasteiger partial charge is 0.150 e. The quantitative estimate of drug-likeness (QED) is 0.451. The third-order valence-corrected chi connectivity index (χ3v) is 0.917. The van der Waals surface area contributed by atoms with Gasteiger partial charge >= 0.3 is 0 Å². The van der Waals surface area contributed by atoms with Crippen LogP contribution in [-0.4, -0.2) is 18.9 Å². The van der Waals surface area contributed by atoms with Crippen LogP contribution in [0.3, 0.4) is 0 Å². The Hall–Kier alpha value is -0.410. The zero-order valence-corrected chi connectivity index (χ0v) is 3.89. The molecule has 0 spiro atoms. The Morgan fingerprint density at radius 3 is 3.00 bits per heavy atom. The van der Waals surface area contributed by atoms with E-state index in [2.05, 4.69) is 10.3 Å². The van der Waals surface area contributed by atoms with Gasteiger partial charge in [0.15, 0.2) is 6.29 Å². The summed E-state index contributed by atoms with van der Waals surface area (Å²) in [6.07, 6.45) is 1.42. The molecule has 3 heteroatoms. The Morgan fingerprint density at radius 2 is 2.71 bits per heavy atom. The molecule has 1 heterocycles. The van der Waals surface area contributed by atoms with Crippen LogP contribution < -0.4 is 5.48 Å². The second kappa shape index (κ2) is 2.04. The SMILES string of the molecule is O=CC1CCNO1. The van der Waals surface area contributed by atoms with E-state index in [-0.39, 0.29) is 6.10 Å². The molecule has 0 bridgehead atoms. The maximum Gasteiger partial charge on any atom is 0.150 e. The number of carbonyl (C=O) groups is 1. The standard InChI is InChI=1S/C4H7NO2/c6-3-4-1-2-5-7-4/h3-5H,1-2H2. The topological polar surface area (TPSA) is 38.3 Å². The first kappa shape index (κ1) is 4.74. The Morgan fingerprint density at radius 1 is 1.86 bits per heavy atom. The van der Waals surface area contributed by atoms with Crippen LogP contribution in [0.1, 0.15) is 6.42 Å². The molecule has 0 radical (unpaired) electrons. The van der Waals surface area contributed by atoms with Gasteiger partial charge in [-0.1, -0.05) is 0 Å². The van der Waals surface area contributed by atoms with Gasteiger partial charge in [-0.3, -0.25) is 4.84 Å². The summed E-state index contributed by atoms with van der Waals surface area (Å²) >= 11 is 0. The van der Waals surface area contributed by atoms with Crippen molar-refractivity contribution in [2.75, 3.05) is 6.54 Å². The molecule has 40 valence electrons. The summed E-state index contributed by atoms with van der Waals surface area (Å²) in [5.41, 5.74) is 2.59. The maximum absolute atomic E-state index is 9.84. The Kier molecular flexibility index (Phi) is 1.38. The molecular formula is C4H7NO2. The largest absolute Gasteiger partial charge is 0.300 e. The van der Waals surface area contributed by atoms with Crippen LogP contribution in [0.25, 0.3) is 0 Å². The normalized spacial score (nSPS) is 30.6. The second-order valence-electron chi connectivity index (χ2n) is 1.48. The average molecular weight is 101 g/mol. The number of nitrogens with one attached hydrogen (secondary N) is 1. The summed E-state index contributed by atoms with van der Waals surface area (Å²) < 4.78 is 0. The summed E-state index contributed by atoms with van der Waals surface area (Å²) in [5.74, 6) is 0. The number of aldehydes is 1. The fourth-order valence-electron chi connectivity index (χ4n) is 0.522. The average Bonchev–Trinajstić information content (AvgIpc) is 2.14. The van der Waals surface area contributed by atoms with Crippen LogP contribution in [0.4, 0.5) is 0 Å². The van der Waals surface area contributed by atoms with Gasteiger partial charge in [-0.25, -0.2) is 5.48 Å². The third-order valence-electron chi connectivity index (χ3n) is 0.917. The van der Waals surface area contributed by atoms with E-state index in [0.29, 0.717) is 0 Å². The Labute approximate surface area is 41.6 Å². The molecule has 3 nitrogen and oxygen atoms in total. The van der Waals surface area contributed by atoms with Gasteiger partial charge in [0.05, 0.1) is 0 Å². The molecule has 1 aliphatic rings. The molecule has 1 atom stereocenters. The van der Waals surface area contributed by atoms with Crippen molar-refractivity contribution in [1.29, 1.82) is 0 Å². The van der Waals surface area contributed by atoms with Gasteiger partial charge in [-0.2, -0.15) is 0 Å². The van der Waals surface area contributed by atoms with Crippen LogP contribution in [0, 0.1) is 0 Å². The van der Waals surface area contributed by atoms with E-state index in [1.54, 1.807) is 0 Å². The summed E-state index contributed by atoms with van der Waals surface area (Å²) in [6, 6.07) is 0. The minimum absolute atomic E-state index is 0.194. The minimum atomic E-state index is -0.194. The van der Waals surface area contributed by atoms with Crippen LogP contribution >= 0.6 is 0 Å². The van der Waals surface area contributed by atoms with Crippen LogP contribution in [0.15, 0.2) is 0 Å². The highest BCUT2D eigenvalue weighted by atomic mass is 16.7. The predicted octanol–water partition coefficient (Wildman–Crippen LogP) is -0.521. The molecule has 0 aromatic heterocycles. The number of carbonyl (C=O) groups excluding carboxylic acids is 1. The molecule has 1 saturated heterocycles. The van der Waals surface area contributed by atoms with Gasteiger partial charge in [0, 0.05) is 6.54 Å². The van der Waals surface area contributed by atoms with Crippen molar-refractivity contribution in [2.45, 2.75) is 12.5 Å². The van der Waals surface area contributed by atoms with Gasteiger partial charge in [0.25, 0.3) is 0 Å². The van der Waals surface area contributed by atoms with Crippen LogP contribution in [0.2, 0.25) is 0 Å². The lowest BCUT2D eigenvalue weighted by Crippen LogP contribution is -2.09. The van der Waals surface area contributed by atoms with E-state index in [1.165, 1.54) is 0 Å². The van der Waals surface area contributed by atoms with E-state index in [0.717, 1.165) is 19.3 Å². The van der Waals surface area contributed by atoms with Crippen molar-refractivity contribution in [3.05, 3.63) is 0 Å². The Balaban J connectivity index is 2.26. The number of hydrogen-bond donors (Lipinski definition) is 1. The summed E-state index contributed by atoms with van der Waals surface area (Å²) in [4.78, 5) is 14.5. The van der Waals surface area contributed by atoms with Gasteiger partial charge in [-0.15, -0.1) is 0 Å². The first-order chi connectivity index (χ1) is 3.43. The van der Waals surface area contributed by atoms with Crippen molar-refractivity contribution in [3.63, 3.8) is 0 Å². The molecule has 0 aromatic carbocycles. The van der Waals surface area contributed by atoms with E-state index in [4.69, 9.17) is 0 Å². The molecule has 1 unspecified atom stereocenters. The molecular weight excluding hydrogens is 94.0 g/mol. The zero-order chi connectivity index (χ0) is 5.11. The third kappa shape index (κ3) is 0.976. The molecule has 1 aliphatic heterocycles. The highest BCUT2D eigenvalue weighted by Crippen LogP contribution is 1.97. The Bertz CT molecular complexity index is 68.1. The molecule has 0 amide bonds. The summed E-state index contributed by atoms with van der Waals surface area (Å²) in [7, 11) is 0. The number of rotatable bonds is 1. The van der Waals surface area contributed by atoms with Crippen molar-refractivity contribution < 1.29 is 9.63 Å². The van der Waals surface area contributed by atoms with E-state index < -0.39 is 0 Å². The molecule has 1 rings (SSSR count). The highest BCUT2D eigenvalue weighted by molar-refractivity contribution is 5.56. The van der Waals surface area contributed by atoms with Gasteiger partial charge < -0.3 is 4.79 Å². The van der Waals surface area contributed by atoms with Crippen molar-refractivity contribution >= 4 is 6.29 Å². The summed E-state index contributed by atoms with van der Waals surface area (Å²) in [6.45, 7) is 0.795. The molecule has 0 aliphatic carbocycles. The first-order valence-electron chi connectivity index (χ1n) is 2.27. The zero-order valence-electron chi connectivity index (χ0n) is 3.89. The minimum Gasteiger partial charge on any atom is -0.300 e. The summed E-state index contributed by atoms with van der Waals surface area (Å²) in [5, 5.41) is 0. The fraction of sp³-hybridized carbons (Fsp3) is 0.750. The number of hydrogen-bond acceptors (Lipinski definition) is 3. The lowest BCUT2D eigenvalue weighted by atomic mass is 10.3. The van der Waals surface area contributed by atoms with E-state index in [1.807, 2.05) is 0 Å². The number of hydroxylamine groups is 1. The molecule has 1 fully saturated rings. The van der Waals surface area contributed by atoms with Gasteiger partial charge in [0.2, 0.25) is 0 Å². The van der Waals surface area contributed by atoms with Crippen molar-refractivity contribution in [3.8, 4) is 0 Å². The van der Waals surface area contributed by atoms with Gasteiger partial charge in [0.1, 0.15) is 6.10 Å². The van der Waals surface area contributed by atoms with E-state index in [9.17, 15) is 4.79 Å². The molecule has 1 N–H and O–H groups in total. The maximum atomic E-state index is 9.84. The highest BCUT2D eigenvalue weighted by Gasteiger charge is 2.12. The molecule has 0 aromatic rings. The molecule has 7 heavy (non-hydrogen) atoms. The lowest BCUT2D eigenvalue weighted by molar-refractivity contribution is -0.118. The first-order valence-corrected chi connectivity index (χ1v) is 2.27. The van der Waals surface area contributed by atoms with E-state index >= 15 is 0 Å². The monoisotopic (exact) mass is 101 g/mol. The predicted molar refractivity (Wildman–Crippen MR) is 23.6 cm³/mol. The van der Waals surface area contributed by atoms with Crippen LogP contribution in [-0.2, 0) is 9.63 Å². The fourth-order valence-corrected chi connectivity index (χ4v) is 0.522. The van der Waals surface area contributed by atoms with Crippen molar-refractivity contribution in [2.24, 2.45) is 0 Å². The lowest BCUT2D eigenvalue weighted by Gasteiger charge is -1.92. The van der Waals surface area contributed by atoms with Crippen molar-refractivity contribution in [1.82, 2.24) is 5.48 Å².